The minimum absolute atomic E-state index is 0.143. The summed E-state index contributed by atoms with van der Waals surface area (Å²) < 4.78 is 1.80. The smallest absolute Gasteiger partial charge is 0.255 e. The molecule has 6 nitrogen and oxygen atoms in total. The van der Waals surface area contributed by atoms with Gasteiger partial charge >= 0.3 is 0 Å². The second-order valence-corrected chi connectivity index (χ2v) is 5.86. The minimum Gasteiger partial charge on any atom is -0.348 e. The Labute approximate surface area is 144 Å². The number of aromatic nitrogens is 4. The summed E-state index contributed by atoms with van der Waals surface area (Å²) in [7, 11) is 0. The Morgan fingerprint density at radius 2 is 2.04 bits per heavy atom. The first-order chi connectivity index (χ1) is 11.6. The van der Waals surface area contributed by atoms with Crippen molar-refractivity contribution in [3.8, 4) is 11.3 Å². The van der Waals surface area contributed by atoms with Gasteiger partial charge in [0, 0.05) is 29.4 Å². The minimum atomic E-state index is -0.143. The lowest BCUT2D eigenvalue weighted by Crippen LogP contribution is -2.23. The number of hydrogen-bond donors (Lipinski definition) is 2. The predicted molar refractivity (Wildman–Crippen MR) is 92.8 cm³/mol. The molecule has 3 rings (SSSR count). The lowest BCUT2D eigenvalue weighted by Gasteiger charge is -2.06. The van der Waals surface area contributed by atoms with Gasteiger partial charge in [0.05, 0.1) is 23.7 Å². The molecular weight excluding hydrogens is 326 g/mol. The number of carbonyl (C=O) groups is 1. The van der Waals surface area contributed by atoms with Crippen LogP contribution in [0.25, 0.3) is 11.3 Å². The van der Waals surface area contributed by atoms with Crippen molar-refractivity contribution in [3.05, 3.63) is 58.5 Å². The van der Waals surface area contributed by atoms with E-state index in [1.54, 1.807) is 17.1 Å². The Hall–Kier alpha value is -2.60. The summed E-state index contributed by atoms with van der Waals surface area (Å²) in [5.74, 6) is -0.143. The zero-order valence-electron chi connectivity index (χ0n) is 13.5. The van der Waals surface area contributed by atoms with Gasteiger partial charge in [-0.15, -0.1) is 0 Å². The fraction of sp³-hybridized carbons (Fsp3) is 0.235. The Morgan fingerprint density at radius 1 is 1.29 bits per heavy atom. The van der Waals surface area contributed by atoms with Crippen molar-refractivity contribution in [2.45, 2.75) is 26.9 Å². The third kappa shape index (κ3) is 3.19. The molecule has 124 valence electrons. The Balaban J connectivity index is 1.73. The lowest BCUT2D eigenvalue weighted by atomic mass is 10.1. The van der Waals surface area contributed by atoms with E-state index in [0.717, 1.165) is 29.1 Å². The van der Waals surface area contributed by atoms with Crippen LogP contribution in [0, 0.1) is 6.92 Å². The molecule has 0 aliphatic rings. The molecule has 0 unspecified atom stereocenters. The SMILES string of the molecule is CCn1ncc(C(=O)NCc2cn[nH]c2-c2ccc(Cl)cc2)c1C. The van der Waals surface area contributed by atoms with Gasteiger partial charge in [-0.3, -0.25) is 14.6 Å². The van der Waals surface area contributed by atoms with E-state index in [1.165, 1.54) is 0 Å². The number of benzene rings is 1. The molecule has 3 aromatic rings. The molecule has 2 heterocycles. The van der Waals surface area contributed by atoms with E-state index in [4.69, 9.17) is 11.6 Å². The highest BCUT2D eigenvalue weighted by molar-refractivity contribution is 6.30. The molecular formula is C17H18ClN5O. The number of amides is 1. The molecule has 0 atom stereocenters. The maximum atomic E-state index is 12.4. The molecule has 0 aliphatic carbocycles. The van der Waals surface area contributed by atoms with Crippen molar-refractivity contribution in [2.75, 3.05) is 0 Å². The summed E-state index contributed by atoms with van der Waals surface area (Å²) in [6, 6.07) is 7.47. The number of aromatic amines is 1. The predicted octanol–water partition coefficient (Wildman–Crippen LogP) is 3.18. The quantitative estimate of drug-likeness (QED) is 0.747. The average molecular weight is 344 g/mol. The largest absolute Gasteiger partial charge is 0.348 e. The molecule has 1 aromatic carbocycles. The molecule has 7 heteroatoms. The number of hydrogen-bond acceptors (Lipinski definition) is 3. The van der Waals surface area contributed by atoms with Gasteiger partial charge in [0.15, 0.2) is 0 Å². The van der Waals surface area contributed by atoms with Crippen LogP contribution in [0.3, 0.4) is 0 Å². The zero-order valence-corrected chi connectivity index (χ0v) is 14.3. The van der Waals surface area contributed by atoms with Crippen LogP contribution in [0.5, 0.6) is 0 Å². The second kappa shape index (κ2) is 6.88. The van der Waals surface area contributed by atoms with Gasteiger partial charge in [-0.1, -0.05) is 23.7 Å². The Kier molecular flexibility index (Phi) is 4.66. The topological polar surface area (TPSA) is 75.6 Å². The van der Waals surface area contributed by atoms with Crippen molar-refractivity contribution in [3.63, 3.8) is 0 Å². The first kappa shape index (κ1) is 16.3. The molecule has 0 bridgehead atoms. The van der Waals surface area contributed by atoms with Crippen molar-refractivity contribution >= 4 is 17.5 Å². The highest BCUT2D eigenvalue weighted by Gasteiger charge is 2.15. The van der Waals surface area contributed by atoms with Crippen LogP contribution in [0.2, 0.25) is 5.02 Å². The van der Waals surface area contributed by atoms with E-state index in [0.29, 0.717) is 17.1 Å². The van der Waals surface area contributed by atoms with Crippen LogP contribution in [0.1, 0.15) is 28.5 Å². The van der Waals surface area contributed by atoms with Crippen molar-refractivity contribution < 1.29 is 4.79 Å². The number of carbonyl (C=O) groups excluding carboxylic acids is 1. The van der Waals surface area contributed by atoms with E-state index in [1.807, 2.05) is 38.1 Å². The van der Waals surface area contributed by atoms with E-state index in [9.17, 15) is 4.79 Å². The van der Waals surface area contributed by atoms with E-state index in [2.05, 4.69) is 20.6 Å². The molecule has 0 radical (unpaired) electrons. The van der Waals surface area contributed by atoms with Crippen molar-refractivity contribution in [1.29, 1.82) is 0 Å². The van der Waals surface area contributed by atoms with Gasteiger partial charge < -0.3 is 5.32 Å². The molecule has 24 heavy (non-hydrogen) atoms. The highest BCUT2D eigenvalue weighted by Crippen LogP contribution is 2.23. The molecule has 0 saturated carbocycles. The summed E-state index contributed by atoms with van der Waals surface area (Å²) >= 11 is 5.92. The van der Waals surface area contributed by atoms with Gasteiger partial charge in [0.1, 0.15) is 0 Å². The summed E-state index contributed by atoms with van der Waals surface area (Å²) in [5, 5.41) is 14.8. The monoisotopic (exact) mass is 343 g/mol. The van der Waals surface area contributed by atoms with Gasteiger partial charge in [-0.2, -0.15) is 10.2 Å². The fourth-order valence-electron chi connectivity index (χ4n) is 2.57. The van der Waals surface area contributed by atoms with Crippen molar-refractivity contribution in [2.24, 2.45) is 0 Å². The van der Waals surface area contributed by atoms with Gasteiger partial charge in [-0.05, 0) is 31.5 Å². The maximum Gasteiger partial charge on any atom is 0.255 e. The van der Waals surface area contributed by atoms with Gasteiger partial charge in [-0.25, -0.2) is 0 Å². The van der Waals surface area contributed by atoms with Crippen LogP contribution in [-0.4, -0.2) is 25.9 Å². The number of nitrogens with one attached hydrogen (secondary N) is 2. The summed E-state index contributed by atoms with van der Waals surface area (Å²) in [4.78, 5) is 12.4. The standard InChI is InChI=1S/C17H18ClN5O/c1-3-23-11(2)15(10-21-23)17(24)19-8-13-9-20-22-16(13)12-4-6-14(18)7-5-12/h4-7,9-10H,3,8H2,1-2H3,(H,19,24)(H,20,22). The molecule has 0 fully saturated rings. The molecule has 0 spiro atoms. The second-order valence-electron chi connectivity index (χ2n) is 5.42. The Bertz CT molecular complexity index is 850. The van der Waals surface area contributed by atoms with Gasteiger partial charge in [0.25, 0.3) is 5.91 Å². The molecule has 0 saturated heterocycles. The van der Waals surface area contributed by atoms with E-state index >= 15 is 0 Å². The van der Waals surface area contributed by atoms with Gasteiger partial charge in [0.2, 0.25) is 0 Å². The summed E-state index contributed by atoms with van der Waals surface area (Å²) in [6.45, 7) is 5.00. The highest BCUT2D eigenvalue weighted by atomic mass is 35.5. The van der Waals surface area contributed by atoms with Crippen LogP contribution in [0.4, 0.5) is 0 Å². The Morgan fingerprint density at radius 3 is 2.71 bits per heavy atom. The fourth-order valence-corrected chi connectivity index (χ4v) is 2.70. The molecule has 1 amide bonds. The van der Waals surface area contributed by atoms with Crippen LogP contribution in [0.15, 0.2) is 36.7 Å². The maximum absolute atomic E-state index is 12.4. The number of H-pyrrole nitrogens is 1. The van der Waals surface area contributed by atoms with E-state index < -0.39 is 0 Å². The van der Waals surface area contributed by atoms with Crippen LogP contribution < -0.4 is 5.32 Å². The molecule has 2 aromatic heterocycles. The molecule has 0 aliphatic heterocycles. The van der Waals surface area contributed by atoms with Crippen LogP contribution >= 0.6 is 11.6 Å². The van der Waals surface area contributed by atoms with Crippen molar-refractivity contribution in [1.82, 2.24) is 25.3 Å². The molecule has 2 N–H and O–H groups in total. The number of aryl methyl sites for hydroxylation is 1. The first-order valence-corrected chi connectivity index (χ1v) is 8.06. The third-order valence-corrected chi connectivity index (χ3v) is 4.19. The van der Waals surface area contributed by atoms with E-state index in [-0.39, 0.29) is 5.91 Å². The summed E-state index contributed by atoms with van der Waals surface area (Å²) in [6.07, 6.45) is 3.32. The lowest BCUT2D eigenvalue weighted by molar-refractivity contribution is 0.0950. The third-order valence-electron chi connectivity index (χ3n) is 3.94. The van der Waals surface area contributed by atoms with Crippen LogP contribution in [-0.2, 0) is 13.1 Å². The number of rotatable bonds is 5. The summed E-state index contributed by atoms with van der Waals surface area (Å²) in [5.41, 5.74) is 4.20. The average Bonchev–Trinajstić information content (AvgIpc) is 3.19. The zero-order chi connectivity index (χ0) is 17.1. The number of halogens is 1. The number of nitrogens with zero attached hydrogens (tertiary/aromatic N) is 3. The first-order valence-electron chi connectivity index (χ1n) is 7.69. The normalized spacial score (nSPS) is 10.8.